The van der Waals surface area contributed by atoms with Gasteiger partial charge in [0, 0.05) is 0 Å². The van der Waals surface area contributed by atoms with Crippen LogP contribution >= 0.6 is 12.6 Å². The van der Waals surface area contributed by atoms with Crippen molar-refractivity contribution in [2.24, 2.45) is 0 Å². The van der Waals surface area contributed by atoms with Gasteiger partial charge in [-0.05, 0) is 37.7 Å². The Kier molecular flexibility index (Phi) is 6.02. The van der Waals surface area contributed by atoms with Crippen LogP contribution in [0.1, 0.15) is 24.8 Å². The van der Waals surface area contributed by atoms with E-state index in [0.29, 0.717) is 0 Å². The zero-order valence-electron chi connectivity index (χ0n) is 9.93. The van der Waals surface area contributed by atoms with Crippen LogP contribution in [0.2, 0.25) is 0 Å². The van der Waals surface area contributed by atoms with Gasteiger partial charge in [0.15, 0.2) is 0 Å². The first-order valence-corrected chi connectivity index (χ1v) is 7.67. The summed E-state index contributed by atoms with van der Waals surface area (Å²) in [6, 6.07) is 6.66. The van der Waals surface area contributed by atoms with Crippen molar-refractivity contribution in [2.75, 3.05) is 12.4 Å². The summed E-state index contributed by atoms with van der Waals surface area (Å²) in [5.74, 6) is 0.824. The highest BCUT2D eigenvalue weighted by molar-refractivity contribution is 7.86. The Morgan fingerprint density at radius 1 is 1.12 bits per heavy atom. The normalized spacial score (nSPS) is 11.6. The lowest BCUT2D eigenvalue weighted by Crippen LogP contribution is -2.07. The van der Waals surface area contributed by atoms with E-state index in [-0.39, 0.29) is 11.5 Å². The van der Waals surface area contributed by atoms with E-state index in [2.05, 4.69) is 12.6 Å². The SMILES string of the molecule is Cc1ccc(S(=O)(=O)OCCCCCS)cc1. The molecule has 17 heavy (non-hydrogen) atoms. The topological polar surface area (TPSA) is 43.4 Å². The summed E-state index contributed by atoms with van der Waals surface area (Å²) in [6.07, 6.45) is 2.66. The number of thiol groups is 1. The molecule has 1 aromatic carbocycles. The lowest BCUT2D eigenvalue weighted by molar-refractivity contribution is 0.308. The standard InChI is InChI=1S/C12H18O3S2/c1-11-5-7-12(8-6-11)17(13,14)15-9-3-2-4-10-16/h5-8,16H,2-4,9-10H2,1H3. The minimum atomic E-state index is -3.58. The molecule has 0 saturated heterocycles. The molecule has 5 heteroatoms. The second-order valence-corrected chi connectivity index (χ2v) is 5.94. The van der Waals surface area contributed by atoms with Gasteiger partial charge in [0.25, 0.3) is 10.1 Å². The molecule has 0 heterocycles. The second-order valence-electron chi connectivity index (χ2n) is 3.87. The number of aryl methyl sites for hydroxylation is 1. The Labute approximate surface area is 109 Å². The minimum Gasteiger partial charge on any atom is -0.266 e. The van der Waals surface area contributed by atoms with Crippen LogP contribution in [0.3, 0.4) is 0 Å². The van der Waals surface area contributed by atoms with E-state index in [1.165, 1.54) is 0 Å². The quantitative estimate of drug-likeness (QED) is 0.472. The average Bonchev–Trinajstić information content (AvgIpc) is 2.29. The second kappa shape index (κ2) is 7.03. The monoisotopic (exact) mass is 274 g/mol. The van der Waals surface area contributed by atoms with Crippen molar-refractivity contribution in [2.45, 2.75) is 31.1 Å². The number of hydrogen-bond donors (Lipinski definition) is 1. The highest BCUT2D eigenvalue weighted by Crippen LogP contribution is 2.13. The molecule has 0 bridgehead atoms. The van der Waals surface area contributed by atoms with E-state index in [0.717, 1.165) is 30.6 Å². The Morgan fingerprint density at radius 2 is 1.76 bits per heavy atom. The minimum absolute atomic E-state index is 0.220. The molecule has 0 fully saturated rings. The molecule has 1 rings (SSSR count). The van der Waals surface area contributed by atoms with Gasteiger partial charge in [-0.15, -0.1) is 0 Å². The van der Waals surface area contributed by atoms with Crippen LogP contribution < -0.4 is 0 Å². The summed E-state index contributed by atoms with van der Waals surface area (Å²) in [6.45, 7) is 2.15. The third-order valence-corrected chi connectivity index (χ3v) is 3.99. The molecule has 0 radical (unpaired) electrons. The fraction of sp³-hybridized carbons (Fsp3) is 0.500. The number of hydrogen-bond acceptors (Lipinski definition) is 4. The molecule has 0 atom stereocenters. The average molecular weight is 274 g/mol. The van der Waals surface area contributed by atoms with Crippen molar-refractivity contribution in [1.82, 2.24) is 0 Å². The molecule has 0 amide bonds. The third-order valence-electron chi connectivity index (χ3n) is 2.35. The zero-order valence-corrected chi connectivity index (χ0v) is 11.6. The summed E-state index contributed by atoms with van der Waals surface area (Å²) in [7, 11) is -3.58. The van der Waals surface area contributed by atoms with Crippen LogP contribution in [0.25, 0.3) is 0 Å². The van der Waals surface area contributed by atoms with Crippen molar-refractivity contribution in [3.8, 4) is 0 Å². The molecular weight excluding hydrogens is 256 g/mol. The third kappa shape index (κ3) is 5.10. The Bertz CT molecular complexity index is 424. The molecule has 0 aliphatic heterocycles. The predicted octanol–water partition coefficient (Wildman–Crippen LogP) is 2.80. The number of rotatable bonds is 7. The summed E-state index contributed by atoms with van der Waals surface area (Å²) >= 11 is 4.09. The van der Waals surface area contributed by atoms with Crippen molar-refractivity contribution < 1.29 is 12.6 Å². The first-order valence-electron chi connectivity index (χ1n) is 5.63. The Hall–Kier alpha value is -0.520. The van der Waals surface area contributed by atoms with Gasteiger partial charge in [-0.1, -0.05) is 24.1 Å². The molecule has 96 valence electrons. The lowest BCUT2D eigenvalue weighted by atomic mass is 10.2. The van der Waals surface area contributed by atoms with Crippen molar-refractivity contribution >= 4 is 22.7 Å². The molecule has 0 spiro atoms. The molecule has 0 aromatic heterocycles. The van der Waals surface area contributed by atoms with Gasteiger partial charge in [0.05, 0.1) is 11.5 Å². The smallest absolute Gasteiger partial charge is 0.266 e. The highest BCUT2D eigenvalue weighted by Gasteiger charge is 2.13. The highest BCUT2D eigenvalue weighted by atomic mass is 32.2. The van der Waals surface area contributed by atoms with Gasteiger partial charge in [-0.3, -0.25) is 4.18 Å². The van der Waals surface area contributed by atoms with Gasteiger partial charge in [-0.2, -0.15) is 21.0 Å². The Morgan fingerprint density at radius 3 is 2.35 bits per heavy atom. The molecule has 0 aliphatic rings. The van der Waals surface area contributed by atoms with Crippen LogP contribution in [0.15, 0.2) is 29.2 Å². The van der Waals surface area contributed by atoms with Gasteiger partial charge in [0.2, 0.25) is 0 Å². The molecule has 3 nitrogen and oxygen atoms in total. The van der Waals surface area contributed by atoms with Gasteiger partial charge < -0.3 is 0 Å². The summed E-state index contributed by atoms with van der Waals surface area (Å²) in [5.41, 5.74) is 1.03. The molecular formula is C12H18O3S2. The van der Waals surface area contributed by atoms with Crippen molar-refractivity contribution in [3.63, 3.8) is 0 Å². The first kappa shape index (κ1) is 14.5. The fourth-order valence-electron chi connectivity index (χ4n) is 1.33. The van der Waals surface area contributed by atoms with Crippen LogP contribution in [0.4, 0.5) is 0 Å². The predicted molar refractivity (Wildman–Crippen MR) is 72.0 cm³/mol. The lowest BCUT2D eigenvalue weighted by Gasteiger charge is -2.05. The van der Waals surface area contributed by atoms with E-state index in [9.17, 15) is 8.42 Å². The van der Waals surface area contributed by atoms with Gasteiger partial charge in [0.1, 0.15) is 0 Å². The maximum atomic E-state index is 11.7. The van der Waals surface area contributed by atoms with E-state index in [1.807, 2.05) is 6.92 Å². The Balaban J connectivity index is 2.48. The van der Waals surface area contributed by atoms with Crippen LogP contribution in [0, 0.1) is 6.92 Å². The molecule has 0 unspecified atom stereocenters. The van der Waals surface area contributed by atoms with Crippen LogP contribution in [-0.4, -0.2) is 20.8 Å². The van der Waals surface area contributed by atoms with Crippen molar-refractivity contribution in [1.29, 1.82) is 0 Å². The fourth-order valence-corrected chi connectivity index (χ4v) is 2.50. The first-order chi connectivity index (χ1) is 8.06. The summed E-state index contributed by atoms with van der Waals surface area (Å²) in [5, 5.41) is 0. The number of unbranched alkanes of at least 4 members (excludes halogenated alkanes) is 2. The zero-order chi connectivity index (χ0) is 12.7. The van der Waals surface area contributed by atoms with Gasteiger partial charge in [-0.25, -0.2) is 0 Å². The summed E-state index contributed by atoms with van der Waals surface area (Å²) in [4.78, 5) is 0.220. The van der Waals surface area contributed by atoms with E-state index >= 15 is 0 Å². The molecule has 0 saturated carbocycles. The molecule has 0 N–H and O–H groups in total. The van der Waals surface area contributed by atoms with E-state index in [1.54, 1.807) is 24.3 Å². The van der Waals surface area contributed by atoms with Gasteiger partial charge >= 0.3 is 0 Å². The van der Waals surface area contributed by atoms with E-state index in [4.69, 9.17) is 4.18 Å². The maximum absolute atomic E-state index is 11.7. The molecule has 0 aliphatic carbocycles. The molecule has 1 aromatic rings. The number of benzene rings is 1. The van der Waals surface area contributed by atoms with E-state index < -0.39 is 10.1 Å². The largest absolute Gasteiger partial charge is 0.296 e. The maximum Gasteiger partial charge on any atom is 0.296 e. The van der Waals surface area contributed by atoms with Crippen LogP contribution in [-0.2, 0) is 14.3 Å². The summed E-state index contributed by atoms with van der Waals surface area (Å²) < 4.78 is 28.4. The van der Waals surface area contributed by atoms with Crippen LogP contribution in [0.5, 0.6) is 0 Å². The van der Waals surface area contributed by atoms with Crippen molar-refractivity contribution in [3.05, 3.63) is 29.8 Å².